The summed E-state index contributed by atoms with van der Waals surface area (Å²) in [6, 6.07) is 5.52. The highest BCUT2D eigenvalue weighted by Crippen LogP contribution is 2.35. The standard InChI is InChI=1S/C15H16N6OS/c16-11-2-1-9(8-18-11)14-19-10-7-12(17)23-13(10)15(20-14)21-3-5-22-6-4-21/h1-2,7-8H,3-6,17H2,(H2,16,18). The number of hydrogen-bond acceptors (Lipinski definition) is 8. The molecular formula is C15H16N6OS. The van der Waals surface area contributed by atoms with Gasteiger partial charge in [-0.15, -0.1) is 11.3 Å². The fourth-order valence-electron chi connectivity index (χ4n) is 2.59. The molecule has 0 unspecified atom stereocenters. The Morgan fingerprint density at radius 2 is 1.96 bits per heavy atom. The second kappa shape index (κ2) is 5.64. The maximum atomic E-state index is 5.98. The molecule has 3 aromatic heterocycles. The maximum Gasteiger partial charge on any atom is 0.163 e. The van der Waals surface area contributed by atoms with Crippen molar-refractivity contribution < 1.29 is 4.74 Å². The molecule has 4 N–H and O–H groups in total. The molecular weight excluding hydrogens is 312 g/mol. The molecule has 4 rings (SSSR count). The lowest BCUT2D eigenvalue weighted by Crippen LogP contribution is -2.36. The Bertz CT molecular complexity index is 841. The van der Waals surface area contributed by atoms with E-state index in [0.29, 0.717) is 24.9 Å². The zero-order valence-electron chi connectivity index (χ0n) is 12.4. The summed E-state index contributed by atoms with van der Waals surface area (Å²) in [7, 11) is 0. The van der Waals surface area contributed by atoms with Crippen LogP contribution < -0.4 is 16.4 Å². The van der Waals surface area contributed by atoms with Crippen molar-refractivity contribution in [2.45, 2.75) is 0 Å². The second-order valence-electron chi connectivity index (χ2n) is 5.31. The number of thiophene rings is 1. The molecule has 118 valence electrons. The number of pyridine rings is 1. The Kier molecular flexibility index (Phi) is 3.47. The summed E-state index contributed by atoms with van der Waals surface area (Å²) in [6.45, 7) is 3.02. The number of hydrogen-bond donors (Lipinski definition) is 2. The van der Waals surface area contributed by atoms with Crippen LogP contribution in [0.4, 0.5) is 16.6 Å². The van der Waals surface area contributed by atoms with Gasteiger partial charge in [-0.1, -0.05) is 0 Å². The topological polar surface area (TPSA) is 103 Å². The number of nitrogen functional groups attached to an aromatic ring is 2. The number of morpholine rings is 1. The second-order valence-corrected chi connectivity index (χ2v) is 6.39. The van der Waals surface area contributed by atoms with Crippen LogP contribution >= 0.6 is 11.3 Å². The highest BCUT2D eigenvalue weighted by atomic mass is 32.1. The molecule has 4 heterocycles. The van der Waals surface area contributed by atoms with Gasteiger partial charge < -0.3 is 21.1 Å². The van der Waals surface area contributed by atoms with Gasteiger partial charge in [0.05, 0.1) is 28.4 Å². The average molecular weight is 328 g/mol. The van der Waals surface area contributed by atoms with E-state index >= 15 is 0 Å². The number of nitrogens with two attached hydrogens (primary N) is 2. The van der Waals surface area contributed by atoms with Crippen LogP contribution in [0.15, 0.2) is 24.4 Å². The first-order valence-corrected chi connectivity index (χ1v) is 8.14. The first kappa shape index (κ1) is 14.2. The molecule has 0 spiro atoms. The van der Waals surface area contributed by atoms with Crippen LogP contribution in [-0.4, -0.2) is 41.3 Å². The molecule has 23 heavy (non-hydrogen) atoms. The van der Waals surface area contributed by atoms with Crippen LogP contribution in [0.1, 0.15) is 0 Å². The van der Waals surface area contributed by atoms with Crippen LogP contribution in [0.25, 0.3) is 21.6 Å². The van der Waals surface area contributed by atoms with E-state index in [-0.39, 0.29) is 0 Å². The Labute approximate surface area is 136 Å². The van der Waals surface area contributed by atoms with Crippen molar-refractivity contribution in [3.05, 3.63) is 24.4 Å². The third kappa shape index (κ3) is 2.66. The van der Waals surface area contributed by atoms with E-state index in [0.717, 1.165) is 39.7 Å². The molecule has 3 aromatic rings. The fraction of sp³-hybridized carbons (Fsp3) is 0.267. The summed E-state index contributed by atoms with van der Waals surface area (Å²) < 4.78 is 6.45. The number of nitrogens with zero attached hydrogens (tertiary/aromatic N) is 4. The smallest absolute Gasteiger partial charge is 0.163 e. The minimum atomic E-state index is 0.475. The molecule has 0 radical (unpaired) electrons. The van der Waals surface area contributed by atoms with Gasteiger partial charge in [0.25, 0.3) is 0 Å². The van der Waals surface area contributed by atoms with Crippen molar-refractivity contribution in [2.75, 3.05) is 42.7 Å². The van der Waals surface area contributed by atoms with Crippen molar-refractivity contribution in [1.29, 1.82) is 0 Å². The van der Waals surface area contributed by atoms with Crippen molar-refractivity contribution in [3.8, 4) is 11.4 Å². The summed E-state index contributed by atoms with van der Waals surface area (Å²) in [5, 5.41) is 0.733. The summed E-state index contributed by atoms with van der Waals surface area (Å²) >= 11 is 1.51. The van der Waals surface area contributed by atoms with E-state index in [1.807, 2.05) is 12.1 Å². The normalized spacial score (nSPS) is 15.2. The van der Waals surface area contributed by atoms with Gasteiger partial charge >= 0.3 is 0 Å². The zero-order valence-corrected chi connectivity index (χ0v) is 13.2. The minimum absolute atomic E-state index is 0.475. The highest BCUT2D eigenvalue weighted by Gasteiger charge is 2.19. The number of fused-ring (bicyclic) bond motifs is 1. The Hall–Kier alpha value is -2.45. The third-order valence-electron chi connectivity index (χ3n) is 3.73. The quantitative estimate of drug-likeness (QED) is 0.738. The summed E-state index contributed by atoms with van der Waals surface area (Å²) in [5.41, 5.74) is 13.3. The number of rotatable bonds is 2. The fourth-order valence-corrected chi connectivity index (χ4v) is 3.47. The minimum Gasteiger partial charge on any atom is -0.391 e. The maximum absolute atomic E-state index is 5.98. The van der Waals surface area contributed by atoms with Crippen LogP contribution in [0.2, 0.25) is 0 Å². The first-order valence-electron chi connectivity index (χ1n) is 7.32. The van der Waals surface area contributed by atoms with E-state index in [4.69, 9.17) is 21.2 Å². The van der Waals surface area contributed by atoms with Gasteiger partial charge in [-0.25, -0.2) is 15.0 Å². The molecule has 0 amide bonds. The molecule has 7 nitrogen and oxygen atoms in total. The lowest BCUT2D eigenvalue weighted by molar-refractivity contribution is 0.122. The van der Waals surface area contributed by atoms with Crippen LogP contribution in [-0.2, 0) is 4.74 Å². The van der Waals surface area contributed by atoms with Gasteiger partial charge in [-0.3, -0.25) is 0 Å². The SMILES string of the molecule is Nc1ccc(-c2nc(N3CCOCC3)c3sc(N)cc3n2)cn1. The molecule has 0 aliphatic carbocycles. The summed E-state index contributed by atoms with van der Waals surface area (Å²) in [6.07, 6.45) is 1.69. The third-order valence-corrected chi connectivity index (χ3v) is 4.68. The van der Waals surface area contributed by atoms with Gasteiger partial charge in [0.1, 0.15) is 5.82 Å². The Morgan fingerprint density at radius 1 is 1.13 bits per heavy atom. The van der Waals surface area contributed by atoms with E-state index in [2.05, 4.69) is 14.9 Å². The molecule has 0 saturated carbocycles. The molecule has 0 bridgehead atoms. The van der Waals surface area contributed by atoms with E-state index in [1.54, 1.807) is 12.3 Å². The molecule has 8 heteroatoms. The molecule has 1 fully saturated rings. The van der Waals surface area contributed by atoms with Gasteiger partial charge in [0.2, 0.25) is 0 Å². The van der Waals surface area contributed by atoms with Crippen molar-refractivity contribution in [1.82, 2.24) is 15.0 Å². The molecule has 1 aliphatic heterocycles. The first-order chi connectivity index (χ1) is 11.2. The van der Waals surface area contributed by atoms with E-state index in [9.17, 15) is 0 Å². The Morgan fingerprint density at radius 3 is 2.70 bits per heavy atom. The Balaban J connectivity index is 1.87. The van der Waals surface area contributed by atoms with E-state index < -0.39 is 0 Å². The molecule has 1 aliphatic rings. The monoisotopic (exact) mass is 328 g/mol. The molecule has 0 atom stereocenters. The molecule has 1 saturated heterocycles. The summed E-state index contributed by atoms with van der Waals surface area (Å²) in [5.74, 6) is 2.01. The largest absolute Gasteiger partial charge is 0.391 e. The lowest BCUT2D eigenvalue weighted by Gasteiger charge is -2.28. The predicted molar refractivity (Wildman–Crippen MR) is 92.5 cm³/mol. The van der Waals surface area contributed by atoms with Crippen molar-refractivity contribution in [3.63, 3.8) is 0 Å². The zero-order chi connectivity index (χ0) is 15.8. The average Bonchev–Trinajstić information content (AvgIpc) is 2.95. The number of ether oxygens (including phenoxy) is 1. The van der Waals surface area contributed by atoms with Gasteiger partial charge in [-0.05, 0) is 18.2 Å². The van der Waals surface area contributed by atoms with Crippen molar-refractivity contribution >= 4 is 38.2 Å². The van der Waals surface area contributed by atoms with E-state index in [1.165, 1.54) is 11.3 Å². The van der Waals surface area contributed by atoms with Crippen LogP contribution in [0.3, 0.4) is 0 Å². The van der Waals surface area contributed by atoms with Gasteiger partial charge in [0, 0.05) is 24.8 Å². The molecule has 0 aromatic carbocycles. The highest BCUT2D eigenvalue weighted by molar-refractivity contribution is 7.23. The predicted octanol–water partition coefficient (Wildman–Crippen LogP) is 1.75. The van der Waals surface area contributed by atoms with Gasteiger partial charge in [-0.2, -0.15) is 0 Å². The summed E-state index contributed by atoms with van der Waals surface area (Å²) in [4.78, 5) is 15.7. The lowest BCUT2D eigenvalue weighted by atomic mass is 10.2. The van der Waals surface area contributed by atoms with Crippen LogP contribution in [0, 0.1) is 0 Å². The number of aromatic nitrogens is 3. The van der Waals surface area contributed by atoms with Crippen molar-refractivity contribution in [2.24, 2.45) is 0 Å². The van der Waals surface area contributed by atoms with Gasteiger partial charge in [0.15, 0.2) is 11.6 Å². The number of anilines is 3. The van der Waals surface area contributed by atoms with Crippen LogP contribution in [0.5, 0.6) is 0 Å².